The second kappa shape index (κ2) is 6.79. The number of imide groups is 1. The van der Waals surface area contributed by atoms with Crippen LogP contribution in [0.2, 0.25) is 0 Å². The average Bonchev–Trinajstić information content (AvgIpc) is 3.32. The number of amides is 3. The Morgan fingerprint density at radius 3 is 2.63 bits per heavy atom. The van der Waals surface area contributed by atoms with Gasteiger partial charge < -0.3 is 10.1 Å². The Kier molecular flexibility index (Phi) is 4.45. The first-order chi connectivity index (χ1) is 12.9. The monoisotopic (exact) mass is 370 g/mol. The lowest BCUT2D eigenvalue weighted by atomic mass is 9.86. The molecule has 2 bridgehead atoms. The van der Waals surface area contributed by atoms with Crippen LogP contribution in [0.4, 0.5) is 5.69 Å². The number of esters is 1. The summed E-state index contributed by atoms with van der Waals surface area (Å²) >= 11 is 0. The van der Waals surface area contributed by atoms with E-state index in [1.165, 1.54) is 38.4 Å². The van der Waals surface area contributed by atoms with Crippen LogP contribution in [-0.2, 0) is 14.3 Å². The molecule has 0 aromatic heterocycles. The zero-order valence-electron chi connectivity index (χ0n) is 15.2. The van der Waals surface area contributed by atoms with Crippen LogP contribution < -0.4 is 5.32 Å². The van der Waals surface area contributed by atoms with E-state index in [-0.39, 0.29) is 24.0 Å². The fraction of sp³-hybridized carbons (Fsp3) is 0.500. The summed E-state index contributed by atoms with van der Waals surface area (Å²) in [7, 11) is 1.42. The van der Waals surface area contributed by atoms with Crippen molar-refractivity contribution in [2.45, 2.75) is 32.1 Å². The van der Waals surface area contributed by atoms with Crippen molar-refractivity contribution >= 4 is 29.4 Å². The first kappa shape index (κ1) is 17.7. The summed E-state index contributed by atoms with van der Waals surface area (Å²) in [5, 5.41) is 2.60. The maximum atomic E-state index is 12.0. The highest BCUT2D eigenvalue weighted by Crippen LogP contribution is 2.49. The summed E-state index contributed by atoms with van der Waals surface area (Å²) < 4.78 is 5.11. The third kappa shape index (κ3) is 3.34. The molecule has 0 saturated heterocycles. The van der Waals surface area contributed by atoms with E-state index in [9.17, 15) is 19.2 Å². The largest absolute Gasteiger partial charge is 0.456 e. The lowest BCUT2D eigenvalue weighted by Crippen LogP contribution is -2.24. The predicted octanol–water partition coefficient (Wildman–Crippen LogP) is 2.22. The summed E-state index contributed by atoms with van der Waals surface area (Å²) in [6, 6.07) is 4.53. The molecule has 2 fully saturated rings. The van der Waals surface area contributed by atoms with Crippen molar-refractivity contribution in [3.05, 3.63) is 29.3 Å². The maximum absolute atomic E-state index is 12.0. The number of nitrogens with zero attached hydrogens (tertiary/aromatic N) is 1. The van der Waals surface area contributed by atoms with Gasteiger partial charge in [-0.3, -0.25) is 24.1 Å². The summed E-state index contributed by atoms with van der Waals surface area (Å²) in [6.45, 7) is -0.358. The lowest BCUT2D eigenvalue weighted by molar-refractivity contribution is -0.148. The molecule has 1 heterocycles. The van der Waals surface area contributed by atoms with Crippen molar-refractivity contribution in [1.82, 2.24) is 4.90 Å². The number of carbonyl (C=O) groups excluding carboxylic acids is 4. The fourth-order valence-electron chi connectivity index (χ4n) is 4.68. The molecule has 1 aromatic rings. The first-order valence-electron chi connectivity index (χ1n) is 9.34. The molecule has 2 aliphatic carbocycles. The van der Waals surface area contributed by atoms with Gasteiger partial charge in [0, 0.05) is 19.2 Å². The van der Waals surface area contributed by atoms with Gasteiger partial charge in [0.05, 0.1) is 11.1 Å². The number of rotatable bonds is 5. The van der Waals surface area contributed by atoms with Gasteiger partial charge in [0.15, 0.2) is 6.61 Å². The van der Waals surface area contributed by atoms with Gasteiger partial charge in [-0.25, -0.2) is 0 Å². The van der Waals surface area contributed by atoms with Crippen molar-refractivity contribution in [2.75, 3.05) is 19.0 Å². The van der Waals surface area contributed by atoms with Gasteiger partial charge in [0.2, 0.25) is 0 Å². The number of carbonyl (C=O) groups is 4. The van der Waals surface area contributed by atoms with E-state index in [4.69, 9.17) is 4.74 Å². The third-order valence-electron chi connectivity index (χ3n) is 6.05. The highest BCUT2D eigenvalue weighted by atomic mass is 16.5. The van der Waals surface area contributed by atoms with E-state index >= 15 is 0 Å². The van der Waals surface area contributed by atoms with E-state index in [0.29, 0.717) is 29.5 Å². The Morgan fingerprint density at radius 2 is 1.93 bits per heavy atom. The Morgan fingerprint density at radius 1 is 1.15 bits per heavy atom. The van der Waals surface area contributed by atoms with Crippen LogP contribution in [0, 0.1) is 17.8 Å². The number of hydrogen-bond donors (Lipinski definition) is 1. The number of ether oxygens (including phenoxy) is 1. The van der Waals surface area contributed by atoms with Crippen LogP contribution in [0.3, 0.4) is 0 Å². The molecule has 142 valence electrons. The number of nitrogens with one attached hydrogen (secondary N) is 1. The normalized spacial score (nSPS) is 25.7. The SMILES string of the molecule is CN1C(=O)c2ccc(NC(=O)COC(=O)CC3CC4CCC3C4)cc2C1=O. The zero-order valence-corrected chi connectivity index (χ0v) is 15.2. The summed E-state index contributed by atoms with van der Waals surface area (Å²) in [5.41, 5.74) is 0.964. The molecule has 3 unspecified atom stereocenters. The van der Waals surface area contributed by atoms with Gasteiger partial charge in [0.25, 0.3) is 17.7 Å². The summed E-state index contributed by atoms with van der Waals surface area (Å²) in [6.07, 6.45) is 5.20. The molecule has 7 heteroatoms. The minimum atomic E-state index is -0.471. The molecule has 4 rings (SSSR count). The average molecular weight is 370 g/mol. The Bertz CT molecular complexity index is 834. The molecule has 1 aliphatic heterocycles. The second-order valence-electron chi connectivity index (χ2n) is 7.78. The molecule has 3 aliphatic rings. The summed E-state index contributed by atoms with van der Waals surface area (Å²) in [4.78, 5) is 49.0. The highest BCUT2D eigenvalue weighted by molar-refractivity contribution is 6.21. The molecule has 0 radical (unpaired) electrons. The molecule has 3 amide bonds. The van der Waals surface area contributed by atoms with Crippen molar-refractivity contribution in [3.63, 3.8) is 0 Å². The minimum absolute atomic E-state index is 0.258. The molecule has 27 heavy (non-hydrogen) atoms. The number of benzene rings is 1. The van der Waals surface area contributed by atoms with Crippen LogP contribution >= 0.6 is 0 Å². The van der Waals surface area contributed by atoms with Gasteiger partial charge in [-0.2, -0.15) is 0 Å². The van der Waals surface area contributed by atoms with E-state index in [1.54, 1.807) is 6.07 Å². The van der Waals surface area contributed by atoms with E-state index in [0.717, 1.165) is 17.2 Å². The van der Waals surface area contributed by atoms with Gasteiger partial charge in [0.1, 0.15) is 0 Å². The topological polar surface area (TPSA) is 92.8 Å². The minimum Gasteiger partial charge on any atom is -0.456 e. The van der Waals surface area contributed by atoms with E-state index < -0.39 is 11.8 Å². The van der Waals surface area contributed by atoms with Gasteiger partial charge in [-0.15, -0.1) is 0 Å². The number of hydrogen-bond acceptors (Lipinski definition) is 5. The van der Waals surface area contributed by atoms with Crippen LogP contribution in [0.15, 0.2) is 18.2 Å². The van der Waals surface area contributed by atoms with Crippen LogP contribution in [0.5, 0.6) is 0 Å². The Hall–Kier alpha value is -2.70. The highest BCUT2D eigenvalue weighted by Gasteiger charge is 2.40. The van der Waals surface area contributed by atoms with Crippen molar-refractivity contribution in [1.29, 1.82) is 0 Å². The molecule has 7 nitrogen and oxygen atoms in total. The predicted molar refractivity (Wildman–Crippen MR) is 96.0 cm³/mol. The van der Waals surface area contributed by atoms with Crippen LogP contribution in [0.1, 0.15) is 52.8 Å². The molecule has 0 spiro atoms. The molecular formula is C20H22N2O5. The molecular weight excluding hydrogens is 348 g/mol. The van der Waals surface area contributed by atoms with Crippen molar-refractivity contribution < 1.29 is 23.9 Å². The Labute approximate surface area is 157 Å². The van der Waals surface area contributed by atoms with E-state index in [1.807, 2.05) is 0 Å². The fourth-order valence-corrected chi connectivity index (χ4v) is 4.68. The Balaban J connectivity index is 1.28. The van der Waals surface area contributed by atoms with Crippen molar-refractivity contribution in [2.24, 2.45) is 17.8 Å². The second-order valence-corrected chi connectivity index (χ2v) is 7.78. The standard InChI is InChI=1S/C20H22N2O5/c1-22-19(25)15-5-4-14(9-16(15)20(22)26)21-17(23)10-27-18(24)8-13-7-11-2-3-12(13)6-11/h4-5,9,11-13H,2-3,6-8,10H2,1H3,(H,21,23). The quantitative estimate of drug-likeness (QED) is 0.634. The van der Waals surface area contributed by atoms with Gasteiger partial charge >= 0.3 is 5.97 Å². The smallest absolute Gasteiger partial charge is 0.306 e. The van der Waals surface area contributed by atoms with E-state index in [2.05, 4.69) is 5.32 Å². The van der Waals surface area contributed by atoms with Crippen molar-refractivity contribution in [3.8, 4) is 0 Å². The van der Waals surface area contributed by atoms with Crippen LogP contribution in [0.25, 0.3) is 0 Å². The summed E-state index contributed by atoms with van der Waals surface area (Å²) in [5.74, 6) is 0.244. The number of anilines is 1. The third-order valence-corrected chi connectivity index (χ3v) is 6.05. The molecule has 2 saturated carbocycles. The first-order valence-corrected chi connectivity index (χ1v) is 9.34. The molecule has 1 aromatic carbocycles. The zero-order chi connectivity index (χ0) is 19.1. The molecule has 1 N–H and O–H groups in total. The van der Waals surface area contributed by atoms with Gasteiger partial charge in [-0.05, 0) is 55.2 Å². The molecule has 3 atom stereocenters. The van der Waals surface area contributed by atoms with Crippen LogP contribution in [-0.4, -0.2) is 42.2 Å². The van der Waals surface area contributed by atoms with Gasteiger partial charge in [-0.1, -0.05) is 6.42 Å². The maximum Gasteiger partial charge on any atom is 0.306 e. The number of fused-ring (bicyclic) bond motifs is 3. The lowest BCUT2D eigenvalue weighted by Gasteiger charge is -2.20.